The highest BCUT2D eigenvalue weighted by molar-refractivity contribution is 5.98. The Bertz CT molecular complexity index is 1090. The second kappa shape index (κ2) is 10.2. The molecule has 1 saturated carbocycles. The third-order valence-electron chi connectivity index (χ3n) is 6.09. The molecule has 170 valence electrons. The normalized spacial score (nSPS) is 18.6. The number of rotatable bonds is 5. The number of ketones is 1. The highest BCUT2D eigenvalue weighted by Gasteiger charge is 2.22. The van der Waals surface area contributed by atoms with Crippen molar-refractivity contribution in [2.24, 2.45) is 5.92 Å². The van der Waals surface area contributed by atoms with E-state index in [2.05, 4.69) is 10.6 Å². The molecule has 0 spiro atoms. The highest BCUT2D eigenvalue weighted by atomic mass is 16.3. The van der Waals surface area contributed by atoms with Gasteiger partial charge in [-0.1, -0.05) is 67.8 Å². The van der Waals surface area contributed by atoms with Gasteiger partial charge in [-0.2, -0.15) is 0 Å². The Hall–Kier alpha value is -3.80. The summed E-state index contributed by atoms with van der Waals surface area (Å²) < 4.78 is 0. The lowest BCUT2D eigenvalue weighted by molar-refractivity contribution is 0.0889. The van der Waals surface area contributed by atoms with Gasteiger partial charge in [0, 0.05) is 23.2 Å². The Morgan fingerprint density at radius 2 is 1.48 bits per heavy atom. The number of hydrogen-bond donors (Lipinski definition) is 4. The number of carbonyl (C=O) groups is 2. The van der Waals surface area contributed by atoms with E-state index >= 15 is 0 Å². The van der Waals surface area contributed by atoms with Crippen LogP contribution in [0.2, 0.25) is 0 Å². The minimum Gasteiger partial charge on any atom is -0.510 e. The number of carbonyl (C=O) groups excluding carboxylic acids is 2. The van der Waals surface area contributed by atoms with Gasteiger partial charge < -0.3 is 20.8 Å². The van der Waals surface area contributed by atoms with Gasteiger partial charge >= 0.3 is 6.03 Å². The minimum atomic E-state index is -0.736. The number of anilines is 1. The first-order valence-corrected chi connectivity index (χ1v) is 11.3. The molecule has 2 aliphatic rings. The molecule has 0 radical (unpaired) electrons. The van der Waals surface area contributed by atoms with Gasteiger partial charge in [-0.05, 0) is 42.2 Å². The molecule has 0 saturated heterocycles. The van der Waals surface area contributed by atoms with Crippen LogP contribution in [0.1, 0.15) is 42.5 Å². The third-order valence-corrected chi connectivity index (χ3v) is 6.09. The molecule has 1 atom stereocenters. The molecule has 0 bridgehead atoms. The quantitative estimate of drug-likeness (QED) is 0.421. The first kappa shape index (κ1) is 22.4. The highest BCUT2D eigenvalue weighted by Crippen LogP contribution is 2.28. The molecule has 2 aliphatic carbocycles. The summed E-state index contributed by atoms with van der Waals surface area (Å²) in [4.78, 5) is 25.0. The van der Waals surface area contributed by atoms with Gasteiger partial charge in [-0.25, -0.2) is 4.79 Å². The van der Waals surface area contributed by atoms with Gasteiger partial charge in [0.25, 0.3) is 0 Å². The lowest BCUT2D eigenvalue weighted by Gasteiger charge is -2.20. The Morgan fingerprint density at radius 1 is 0.848 bits per heavy atom. The molecule has 6 nitrogen and oxygen atoms in total. The summed E-state index contributed by atoms with van der Waals surface area (Å²) in [6.45, 7) is 0. The monoisotopic (exact) mass is 444 g/mol. The second-order valence-electron chi connectivity index (χ2n) is 8.48. The Morgan fingerprint density at radius 3 is 2.15 bits per heavy atom. The van der Waals surface area contributed by atoms with Crippen LogP contribution in [-0.2, 0) is 0 Å². The van der Waals surface area contributed by atoms with E-state index in [1.807, 2.05) is 36.4 Å². The maximum absolute atomic E-state index is 12.7. The Kier molecular flexibility index (Phi) is 6.93. The summed E-state index contributed by atoms with van der Waals surface area (Å²) >= 11 is 0. The number of benzene rings is 2. The molecule has 2 aromatic carbocycles. The summed E-state index contributed by atoms with van der Waals surface area (Å²) in [5.41, 5.74) is 3.35. The predicted octanol–water partition coefficient (Wildman–Crippen LogP) is 6.06. The topological polar surface area (TPSA) is 98.7 Å². The van der Waals surface area contributed by atoms with Crippen molar-refractivity contribution < 1.29 is 19.8 Å². The number of Topliss-reactive ketones (excluding diaryl/α,β-unsaturated/α-hetero) is 1. The number of urea groups is 1. The average molecular weight is 445 g/mol. The number of nitrogens with one attached hydrogen (secondary N) is 2. The van der Waals surface area contributed by atoms with Crippen LogP contribution in [0.15, 0.2) is 84.4 Å². The molecule has 33 heavy (non-hydrogen) atoms. The van der Waals surface area contributed by atoms with Crippen LogP contribution in [0.25, 0.3) is 11.1 Å². The smallest absolute Gasteiger partial charge is 0.320 e. The Labute approximate surface area is 193 Å². The zero-order valence-corrected chi connectivity index (χ0v) is 18.3. The van der Waals surface area contributed by atoms with E-state index in [0.717, 1.165) is 42.4 Å². The number of amides is 2. The second-order valence-corrected chi connectivity index (χ2v) is 8.48. The van der Waals surface area contributed by atoms with Crippen LogP contribution in [0.3, 0.4) is 0 Å². The van der Waals surface area contributed by atoms with Gasteiger partial charge in [0.2, 0.25) is 0 Å². The van der Waals surface area contributed by atoms with Crippen LogP contribution in [-0.4, -0.2) is 28.1 Å². The fraction of sp³-hybridized carbons (Fsp3) is 0.259. The lowest BCUT2D eigenvalue weighted by atomic mass is 9.83. The van der Waals surface area contributed by atoms with E-state index in [-0.39, 0.29) is 23.2 Å². The van der Waals surface area contributed by atoms with Crippen molar-refractivity contribution in [1.29, 1.82) is 0 Å². The predicted molar refractivity (Wildman–Crippen MR) is 129 cm³/mol. The molecular formula is C27H28N2O4. The van der Waals surface area contributed by atoms with E-state index in [1.165, 1.54) is 18.6 Å². The number of hydrogen-bond acceptors (Lipinski definition) is 4. The van der Waals surface area contributed by atoms with Crippen molar-refractivity contribution in [2.45, 2.75) is 38.1 Å². The first-order chi connectivity index (χ1) is 16.0. The van der Waals surface area contributed by atoms with Crippen LogP contribution >= 0.6 is 0 Å². The number of aliphatic hydroxyl groups is 2. The van der Waals surface area contributed by atoms with Crippen LogP contribution < -0.4 is 10.6 Å². The summed E-state index contributed by atoms with van der Waals surface area (Å²) in [5.74, 6) is 0.167. The van der Waals surface area contributed by atoms with Crippen LogP contribution in [0.5, 0.6) is 0 Å². The molecule has 2 amide bonds. The van der Waals surface area contributed by atoms with Crippen molar-refractivity contribution in [3.63, 3.8) is 0 Å². The van der Waals surface area contributed by atoms with E-state index < -0.39 is 12.1 Å². The maximum Gasteiger partial charge on any atom is 0.320 e. The average Bonchev–Trinajstić information content (AvgIpc) is 2.99. The minimum absolute atomic E-state index is 0.0876. The van der Waals surface area contributed by atoms with Crippen LogP contribution in [0, 0.1) is 5.92 Å². The lowest BCUT2D eigenvalue weighted by Crippen LogP contribution is -2.37. The molecule has 0 aromatic heterocycles. The first-order valence-electron chi connectivity index (χ1n) is 11.3. The summed E-state index contributed by atoms with van der Waals surface area (Å²) in [5, 5.41) is 24.8. The Balaban J connectivity index is 1.35. The molecule has 0 aliphatic heterocycles. The molecule has 0 heterocycles. The molecule has 4 rings (SSSR count). The van der Waals surface area contributed by atoms with E-state index in [4.69, 9.17) is 0 Å². The van der Waals surface area contributed by atoms with Gasteiger partial charge in [-0.3, -0.25) is 4.79 Å². The zero-order chi connectivity index (χ0) is 23.2. The van der Waals surface area contributed by atoms with E-state index in [9.17, 15) is 19.8 Å². The largest absolute Gasteiger partial charge is 0.510 e. The molecule has 1 unspecified atom stereocenters. The SMILES string of the molecule is O=C(Nc1ccc(-c2ccc(C(=O)C3CCCCC3)cc2)cc1)NC1C=CC=C(O)C=C1O. The fourth-order valence-electron chi connectivity index (χ4n) is 4.26. The van der Waals surface area contributed by atoms with Crippen molar-refractivity contribution >= 4 is 17.5 Å². The van der Waals surface area contributed by atoms with Crippen LogP contribution in [0.4, 0.5) is 10.5 Å². The molecule has 1 fully saturated rings. The van der Waals surface area contributed by atoms with Crippen molar-refractivity contribution in [3.8, 4) is 11.1 Å². The number of allylic oxidation sites excluding steroid dienone is 3. The molecular weight excluding hydrogens is 416 g/mol. The third kappa shape index (κ3) is 5.71. The summed E-state index contributed by atoms with van der Waals surface area (Å²) in [6, 6.07) is 13.9. The fourth-order valence-corrected chi connectivity index (χ4v) is 4.26. The number of aliphatic hydroxyl groups excluding tert-OH is 2. The van der Waals surface area contributed by atoms with Crippen molar-refractivity contribution in [1.82, 2.24) is 5.32 Å². The maximum atomic E-state index is 12.7. The van der Waals surface area contributed by atoms with Gasteiger partial charge in [0.1, 0.15) is 17.6 Å². The summed E-state index contributed by atoms with van der Waals surface area (Å²) in [7, 11) is 0. The van der Waals surface area contributed by atoms with Crippen molar-refractivity contribution in [2.75, 3.05) is 5.32 Å². The van der Waals surface area contributed by atoms with E-state index in [1.54, 1.807) is 24.3 Å². The summed E-state index contributed by atoms with van der Waals surface area (Å²) in [6.07, 6.45) is 11.2. The molecule has 4 N–H and O–H groups in total. The van der Waals surface area contributed by atoms with Gasteiger partial charge in [0.05, 0.1) is 0 Å². The standard InChI is InChI=1S/C27H28N2O4/c30-23-7-4-8-24(25(31)17-23)29-27(33)28-22-15-13-19(14-16-22)18-9-11-21(12-10-18)26(32)20-5-2-1-3-6-20/h4,7-17,20,24,30-31H,1-3,5-6H2,(H2,28,29,33). The van der Waals surface area contributed by atoms with Gasteiger partial charge in [-0.15, -0.1) is 0 Å². The van der Waals surface area contributed by atoms with Crippen molar-refractivity contribution in [3.05, 3.63) is 89.9 Å². The molecule has 6 heteroatoms. The van der Waals surface area contributed by atoms with Gasteiger partial charge in [0.15, 0.2) is 5.78 Å². The van der Waals surface area contributed by atoms with E-state index in [0.29, 0.717) is 5.69 Å². The molecule has 2 aromatic rings. The zero-order valence-electron chi connectivity index (χ0n) is 18.3.